The van der Waals surface area contributed by atoms with Crippen molar-refractivity contribution in [1.82, 2.24) is 0 Å². The van der Waals surface area contributed by atoms with Gasteiger partial charge in [-0.25, -0.2) is 4.79 Å². The van der Waals surface area contributed by atoms with E-state index in [-0.39, 0.29) is 23.7 Å². The molecule has 1 aromatic carbocycles. The molecule has 14 nitrogen and oxygen atoms in total. The minimum Gasteiger partial charge on any atom is -0.467 e. The van der Waals surface area contributed by atoms with Gasteiger partial charge in [0.2, 0.25) is 0 Å². The zero-order valence-electron chi connectivity index (χ0n) is 28.8. The number of aryl methyl sites for hydroxylation is 1. The molecule has 2 saturated carbocycles. The monoisotopic (exact) mass is 688 g/mol. The standard InChI is InChI=1S/C35H44O14/c1-16(36)43-22-9-11-23-21(14-22)8-10-25-24(23)12-13-35(6)26(25)15-27(32(35)47-20(5)40)48-34-31(46-19(4)39)29(45-18(3)38)28(44-17(2)37)30(49-34)33(41)42-7/h9,11,14,24-32,34H,8,10,12-13,15H2,1-7H3/t24-,25-,26+,27-,28+,29+,30+,31-,32+,34-,35+/m1/s1. The molecule has 3 aliphatic carbocycles. The lowest BCUT2D eigenvalue weighted by Gasteiger charge is -2.50. The highest BCUT2D eigenvalue weighted by atomic mass is 16.7. The number of benzene rings is 1. The van der Waals surface area contributed by atoms with Crippen LogP contribution in [0.25, 0.3) is 0 Å². The van der Waals surface area contributed by atoms with Crippen molar-refractivity contribution >= 4 is 35.8 Å². The molecule has 0 unspecified atom stereocenters. The maximum Gasteiger partial charge on any atom is 0.339 e. The summed E-state index contributed by atoms with van der Waals surface area (Å²) in [5, 5.41) is 0. The van der Waals surface area contributed by atoms with E-state index in [4.69, 9.17) is 37.9 Å². The zero-order chi connectivity index (χ0) is 35.8. The molecule has 0 radical (unpaired) electrons. The van der Waals surface area contributed by atoms with Crippen molar-refractivity contribution in [2.75, 3.05) is 7.11 Å². The molecule has 3 fully saturated rings. The fourth-order valence-electron chi connectivity index (χ4n) is 8.61. The quantitative estimate of drug-likeness (QED) is 0.221. The van der Waals surface area contributed by atoms with Gasteiger partial charge in [0, 0.05) is 40.0 Å². The Morgan fingerprint density at radius 3 is 2.04 bits per heavy atom. The van der Waals surface area contributed by atoms with Crippen molar-refractivity contribution in [3.05, 3.63) is 29.3 Å². The lowest BCUT2D eigenvalue weighted by Crippen LogP contribution is -2.64. The van der Waals surface area contributed by atoms with Crippen LogP contribution < -0.4 is 4.74 Å². The van der Waals surface area contributed by atoms with E-state index in [2.05, 4.69) is 6.92 Å². The van der Waals surface area contributed by atoms with E-state index in [0.29, 0.717) is 18.6 Å². The molecule has 11 atom stereocenters. The van der Waals surface area contributed by atoms with E-state index < -0.39 is 78.2 Å². The number of carbonyl (C=O) groups excluding carboxylic acids is 6. The molecule has 0 aromatic heterocycles. The largest absolute Gasteiger partial charge is 0.467 e. The van der Waals surface area contributed by atoms with Gasteiger partial charge < -0.3 is 37.9 Å². The maximum absolute atomic E-state index is 13.0. The van der Waals surface area contributed by atoms with Crippen molar-refractivity contribution in [2.24, 2.45) is 17.3 Å². The summed E-state index contributed by atoms with van der Waals surface area (Å²) in [6.45, 7) is 8.13. The molecule has 0 N–H and O–H groups in total. The van der Waals surface area contributed by atoms with Gasteiger partial charge in [-0.1, -0.05) is 13.0 Å². The summed E-state index contributed by atoms with van der Waals surface area (Å²) in [6.07, 6.45) is -5.57. The molecular formula is C35H44O14. The number of esters is 6. The highest BCUT2D eigenvalue weighted by Crippen LogP contribution is 2.62. The van der Waals surface area contributed by atoms with Gasteiger partial charge in [-0.3, -0.25) is 24.0 Å². The van der Waals surface area contributed by atoms with Crippen LogP contribution in [0.3, 0.4) is 0 Å². The number of methoxy groups -OCH3 is 1. The molecule has 0 amide bonds. The first-order valence-electron chi connectivity index (χ1n) is 16.5. The minimum atomic E-state index is -1.61. The zero-order valence-corrected chi connectivity index (χ0v) is 28.8. The molecule has 0 spiro atoms. The van der Waals surface area contributed by atoms with Gasteiger partial charge in [0.25, 0.3) is 0 Å². The SMILES string of the molecule is COC(=O)[C@H]1O[C@@H](O[C@@H]2C[C@H]3[C@@H]4CCc5cc(OC(C)=O)ccc5[C@H]4CC[C@]3(C)[C@H]2OC(C)=O)[C@H](OC(C)=O)[C@@H](OC(C)=O)[C@@H]1OC(C)=O. The van der Waals surface area contributed by atoms with Gasteiger partial charge in [-0.15, -0.1) is 0 Å². The summed E-state index contributed by atoms with van der Waals surface area (Å²) in [7, 11) is 1.11. The number of carbonyl (C=O) groups is 6. The predicted molar refractivity (Wildman–Crippen MR) is 166 cm³/mol. The van der Waals surface area contributed by atoms with Crippen LogP contribution in [0.2, 0.25) is 0 Å². The average Bonchev–Trinajstić information content (AvgIpc) is 3.28. The molecule has 5 rings (SSSR count). The van der Waals surface area contributed by atoms with Crippen LogP contribution in [0.15, 0.2) is 18.2 Å². The Kier molecular flexibility index (Phi) is 10.7. The van der Waals surface area contributed by atoms with Crippen molar-refractivity contribution in [1.29, 1.82) is 0 Å². The van der Waals surface area contributed by atoms with Crippen LogP contribution in [0.5, 0.6) is 5.75 Å². The van der Waals surface area contributed by atoms with Gasteiger partial charge >= 0.3 is 35.8 Å². The number of hydrogen-bond acceptors (Lipinski definition) is 14. The van der Waals surface area contributed by atoms with Crippen LogP contribution >= 0.6 is 0 Å². The molecule has 1 saturated heterocycles. The average molecular weight is 689 g/mol. The van der Waals surface area contributed by atoms with Crippen molar-refractivity contribution in [3.63, 3.8) is 0 Å². The van der Waals surface area contributed by atoms with Gasteiger partial charge in [-0.2, -0.15) is 0 Å². The number of hydrogen-bond donors (Lipinski definition) is 0. The molecule has 49 heavy (non-hydrogen) atoms. The van der Waals surface area contributed by atoms with Crippen LogP contribution in [-0.2, 0) is 68.3 Å². The molecule has 14 heteroatoms. The lowest BCUT2D eigenvalue weighted by molar-refractivity contribution is -0.315. The smallest absolute Gasteiger partial charge is 0.339 e. The number of rotatable bonds is 8. The second-order valence-electron chi connectivity index (χ2n) is 13.5. The Morgan fingerprint density at radius 1 is 0.796 bits per heavy atom. The molecule has 1 aliphatic heterocycles. The Labute approximate surface area is 284 Å². The maximum atomic E-state index is 13.0. The normalized spacial score (nSPS) is 34.6. The fourth-order valence-corrected chi connectivity index (χ4v) is 8.61. The Hall–Kier alpha value is -4.04. The second-order valence-corrected chi connectivity index (χ2v) is 13.5. The third-order valence-electron chi connectivity index (χ3n) is 10.3. The van der Waals surface area contributed by atoms with Crippen LogP contribution in [0.1, 0.15) is 84.3 Å². The summed E-state index contributed by atoms with van der Waals surface area (Å²) >= 11 is 0. The van der Waals surface area contributed by atoms with Gasteiger partial charge in [0.05, 0.1) is 13.2 Å². The van der Waals surface area contributed by atoms with E-state index in [1.807, 2.05) is 18.2 Å². The van der Waals surface area contributed by atoms with Crippen molar-refractivity contribution < 1.29 is 66.7 Å². The first-order chi connectivity index (χ1) is 23.1. The molecule has 0 bridgehead atoms. The summed E-state index contributed by atoms with van der Waals surface area (Å²) in [4.78, 5) is 73.8. The minimum absolute atomic E-state index is 0.0344. The second kappa shape index (κ2) is 14.4. The third-order valence-corrected chi connectivity index (χ3v) is 10.3. The van der Waals surface area contributed by atoms with E-state index >= 15 is 0 Å². The van der Waals surface area contributed by atoms with Gasteiger partial charge in [0.1, 0.15) is 11.9 Å². The number of ether oxygens (including phenoxy) is 8. The van der Waals surface area contributed by atoms with Crippen molar-refractivity contribution in [2.45, 2.75) is 122 Å². The van der Waals surface area contributed by atoms with E-state index in [9.17, 15) is 28.8 Å². The molecule has 268 valence electrons. The first kappa shape index (κ1) is 36.2. The fraction of sp³-hybridized carbons (Fsp3) is 0.657. The Balaban J connectivity index is 1.48. The third kappa shape index (κ3) is 7.45. The molecular weight excluding hydrogens is 644 g/mol. The van der Waals surface area contributed by atoms with E-state index in [0.717, 1.165) is 52.7 Å². The Bertz CT molecular complexity index is 1490. The van der Waals surface area contributed by atoms with Crippen molar-refractivity contribution in [3.8, 4) is 5.75 Å². The molecule has 4 aliphatic rings. The topological polar surface area (TPSA) is 176 Å². The summed E-state index contributed by atoms with van der Waals surface area (Å²) in [5.74, 6) is -3.25. The van der Waals surface area contributed by atoms with Crippen LogP contribution in [-0.4, -0.2) is 85.8 Å². The predicted octanol–water partition coefficient (Wildman–Crippen LogP) is 3.09. The van der Waals surface area contributed by atoms with Gasteiger partial charge in [0.15, 0.2) is 30.7 Å². The Morgan fingerprint density at radius 2 is 1.43 bits per heavy atom. The van der Waals surface area contributed by atoms with Crippen LogP contribution in [0, 0.1) is 17.3 Å². The van der Waals surface area contributed by atoms with E-state index in [1.165, 1.54) is 19.4 Å². The summed E-state index contributed by atoms with van der Waals surface area (Å²) < 4.78 is 45.3. The van der Waals surface area contributed by atoms with Crippen LogP contribution in [0.4, 0.5) is 0 Å². The molecule has 1 aromatic rings. The highest BCUT2D eigenvalue weighted by Gasteiger charge is 2.62. The highest BCUT2D eigenvalue weighted by molar-refractivity contribution is 5.77. The number of fused-ring (bicyclic) bond motifs is 5. The summed E-state index contributed by atoms with van der Waals surface area (Å²) in [6, 6.07) is 5.77. The van der Waals surface area contributed by atoms with Gasteiger partial charge in [-0.05, 0) is 73.1 Å². The molecule has 1 heterocycles. The first-order valence-corrected chi connectivity index (χ1v) is 16.5. The summed E-state index contributed by atoms with van der Waals surface area (Å²) in [5.41, 5.74) is 1.84. The lowest BCUT2D eigenvalue weighted by atomic mass is 9.55. The van der Waals surface area contributed by atoms with E-state index in [1.54, 1.807) is 0 Å².